The van der Waals surface area contributed by atoms with Gasteiger partial charge in [-0.25, -0.2) is 9.59 Å². The molecule has 0 spiro atoms. The van der Waals surface area contributed by atoms with Crippen LogP contribution in [0.3, 0.4) is 0 Å². The first kappa shape index (κ1) is 16.8. The Hall–Kier alpha value is -1.30. The molecule has 0 radical (unpaired) electrons. The zero-order chi connectivity index (χ0) is 15.0. The standard InChI is InChI=1S/C14H25NO5/c1-2-3-4-5-6-7-8-20-14(19)15-10-11(16)9-12(15)13(17)18/h11-12,16H,2-10H2,1H3,(H,17,18)/t11-,12+/m1/s1. The molecule has 1 heterocycles. The Morgan fingerprint density at radius 1 is 1.20 bits per heavy atom. The minimum absolute atomic E-state index is 0.0340. The number of unbranched alkanes of at least 4 members (excludes halogenated alkanes) is 5. The lowest BCUT2D eigenvalue weighted by Crippen LogP contribution is -2.41. The van der Waals surface area contributed by atoms with Crippen molar-refractivity contribution in [2.24, 2.45) is 0 Å². The summed E-state index contributed by atoms with van der Waals surface area (Å²) in [6.45, 7) is 2.50. The van der Waals surface area contributed by atoms with E-state index in [-0.39, 0.29) is 13.0 Å². The number of carboxylic acids is 1. The number of ether oxygens (including phenoxy) is 1. The third-order valence-corrected chi connectivity index (χ3v) is 3.52. The molecule has 1 fully saturated rings. The van der Waals surface area contributed by atoms with E-state index in [0.29, 0.717) is 6.61 Å². The molecule has 6 heteroatoms. The van der Waals surface area contributed by atoms with Gasteiger partial charge in [-0.05, 0) is 6.42 Å². The van der Waals surface area contributed by atoms with E-state index in [2.05, 4.69) is 6.92 Å². The molecule has 116 valence electrons. The SMILES string of the molecule is CCCCCCCCOC(=O)N1C[C@H](O)C[C@H]1C(=O)O. The summed E-state index contributed by atoms with van der Waals surface area (Å²) in [4.78, 5) is 23.8. The van der Waals surface area contributed by atoms with Crippen LogP contribution in [0.5, 0.6) is 0 Å². The van der Waals surface area contributed by atoms with Gasteiger partial charge in [-0.3, -0.25) is 4.90 Å². The summed E-state index contributed by atoms with van der Waals surface area (Å²) in [5.74, 6) is -1.10. The summed E-state index contributed by atoms with van der Waals surface area (Å²) in [6, 6.07) is -0.970. The van der Waals surface area contributed by atoms with E-state index >= 15 is 0 Å². The molecule has 2 N–H and O–H groups in total. The van der Waals surface area contributed by atoms with Crippen LogP contribution in [-0.4, -0.2) is 52.5 Å². The molecule has 2 atom stereocenters. The van der Waals surface area contributed by atoms with Crippen LogP contribution >= 0.6 is 0 Å². The first-order valence-corrected chi connectivity index (χ1v) is 7.40. The Labute approximate surface area is 119 Å². The first-order chi connectivity index (χ1) is 9.56. The molecule has 1 aliphatic rings. The summed E-state index contributed by atoms with van der Waals surface area (Å²) in [5, 5.41) is 18.4. The fourth-order valence-electron chi connectivity index (χ4n) is 2.37. The van der Waals surface area contributed by atoms with E-state index in [1.54, 1.807) is 0 Å². The number of carboxylic acid groups (broad SMARTS) is 1. The molecule has 0 aliphatic carbocycles. The van der Waals surface area contributed by atoms with E-state index in [1.807, 2.05) is 0 Å². The van der Waals surface area contributed by atoms with Crippen LogP contribution in [0.1, 0.15) is 51.9 Å². The lowest BCUT2D eigenvalue weighted by molar-refractivity contribution is -0.141. The van der Waals surface area contributed by atoms with Crippen molar-refractivity contribution in [2.75, 3.05) is 13.2 Å². The molecule has 6 nitrogen and oxygen atoms in total. The predicted molar refractivity (Wildman–Crippen MR) is 73.5 cm³/mol. The maximum atomic E-state index is 11.8. The van der Waals surface area contributed by atoms with Crippen LogP contribution in [0.15, 0.2) is 0 Å². The van der Waals surface area contributed by atoms with E-state index in [1.165, 1.54) is 19.3 Å². The Bertz CT molecular complexity index is 321. The number of aliphatic hydroxyl groups excluding tert-OH is 1. The van der Waals surface area contributed by atoms with Gasteiger partial charge in [0.15, 0.2) is 0 Å². The molecule has 0 saturated carbocycles. The third kappa shape index (κ3) is 5.36. The molecule has 0 aromatic heterocycles. The average Bonchev–Trinajstić information content (AvgIpc) is 2.80. The zero-order valence-corrected chi connectivity index (χ0v) is 12.1. The molecule has 0 aromatic rings. The highest BCUT2D eigenvalue weighted by atomic mass is 16.6. The van der Waals surface area contributed by atoms with Crippen molar-refractivity contribution >= 4 is 12.1 Å². The van der Waals surface area contributed by atoms with Gasteiger partial charge in [0.1, 0.15) is 6.04 Å². The van der Waals surface area contributed by atoms with Crippen LogP contribution in [-0.2, 0) is 9.53 Å². The van der Waals surface area contributed by atoms with Crippen molar-refractivity contribution in [3.63, 3.8) is 0 Å². The van der Waals surface area contributed by atoms with Gasteiger partial charge in [0.2, 0.25) is 0 Å². The highest BCUT2D eigenvalue weighted by Crippen LogP contribution is 2.19. The summed E-state index contributed by atoms with van der Waals surface area (Å²) in [5.41, 5.74) is 0. The maximum Gasteiger partial charge on any atom is 0.410 e. The minimum atomic E-state index is -1.10. The van der Waals surface area contributed by atoms with Crippen molar-refractivity contribution in [3.05, 3.63) is 0 Å². The summed E-state index contributed by atoms with van der Waals surface area (Å²) in [7, 11) is 0. The summed E-state index contributed by atoms with van der Waals surface area (Å²) in [6.07, 6.45) is 5.22. The fourth-order valence-corrected chi connectivity index (χ4v) is 2.37. The topological polar surface area (TPSA) is 87.1 Å². The molecule has 1 amide bonds. The lowest BCUT2D eigenvalue weighted by Gasteiger charge is -2.20. The number of hydrogen-bond donors (Lipinski definition) is 2. The lowest BCUT2D eigenvalue weighted by atomic mass is 10.1. The largest absolute Gasteiger partial charge is 0.480 e. The number of carbonyl (C=O) groups excluding carboxylic acids is 1. The minimum Gasteiger partial charge on any atom is -0.480 e. The number of likely N-dealkylation sites (tertiary alicyclic amines) is 1. The van der Waals surface area contributed by atoms with Crippen molar-refractivity contribution in [1.29, 1.82) is 0 Å². The second-order valence-corrected chi connectivity index (χ2v) is 5.28. The van der Waals surface area contributed by atoms with Crippen LogP contribution in [0.4, 0.5) is 4.79 Å². The van der Waals surface area contributed by atoms with E-state index < -0.39 is 24.2 Å². The molecule has 1 aliphatic heterocycles. The molecule has 0 aromatic carbocycles. The van der Waals surface area contributed by atoms with Crippen LogP contribution in [0, 0.1) is 0 Å². The first-order valence-electron chi connectivity index (χ1n) is 7.40. The van der Waals surface area contributed by atoms with Gasteiger partial charge in [0.05, 0.1) is 19.3 Å². The fraction of sp³-hybridized carbons (Fsp3) is 0.857. The van der Waals surface area contributed by atoms with E-state index in [9.17, 15) is 14.7 Å². The number of rotatable bonds is 8. The molecular formula is C14H25NO5. The van der Waals surface area contributed by atoms with E-state index in [4.69, 9.17) is 9.84 Å². The number of aliphatic carboxylic acids is 1. The Morgan fingerprint density at radius 2 is 1.85 bits per heavy atom. The third-order valence-electron chi connectivity index (χ3n) is 3.52. The Balaban J connectivity index is 2.20. The molecule has 1 saturated heterocycles. The predicted octanol–water partition coefficient (Wildman–Crippen LogP) is 2.00. The van der Waals surface area contributed by atoms with Gasteiger partial charge >= 0.3 is 12.1 Å². The molecule has 1 rings (SSSR count). The van der Waals surface area contributed by atoms with Crippen molar-refractivity contribution in [2.45, 2.75) is 64.0 Å². The number of nitrogens with zero attached hydrogens (tertiary/aromatic N) is 1. The van der Waals surface area contributed by atoms with Gasteiger partial charge in [0, 0.05) is 6.42 Å². The highest BCUT2D eigenvalue weighted by molar-refractivity contribution is 5.80. The second kappa shape index (κ2) is 8.79. The highest BCUT2D eigenvalue weighted by Gasteiger charge is 2.39. The van der Waals surface area contributed by atoms with Crippen molar-refractivity contribution in [1.82, 2.24) is 4.90 Å². The second-order valence-electron chi connectivity index (χ2n) is 5.28. The molecular weight excluding hydrogens is 262 g/mol. The van der Waals surface area contributed by atoms with Crippen LogP contribution in [0.2, 0.25) is 0 Å². The van der Waals surface area contributed by atoms with Gasteiger partial charge < -0.3 is 14.9 Å². The van der Waals surface area contributed by atoms with Gasteiger partial charge in [-0.1, -0.05) is 39.0 Å². The Kier molecular flexibility index (Phi) is 7.36. The normalized spacial score (nSPS) is 22.0. The number of hydrogen-bond acceptors (Lipinski definition) is 4. The van der Waals surface area contributed by atoms with Crippen molar-refractivity contribution < 1.29 is 24.5 Å². The van der Waals surface area contributed by atoms with Crippen molar-refractivity contribution in [3.8, 4) is 0 Å². The van der Waals surface area contributed by atoms with Gasteiger partial charge in [0.25, 0.3) is 0 Å². The quantitative estimate of drug-likeness (QED) is 0.667. The summed E-state index contributed by atoms with van der Waals surface area (Å²) < 4.78 is 5.07. The summed E-state index contributed by atoms with van der Waals surface area (Å²) >= 11 is 0. The van der Waals surface area contributed by atoms with Crippen LogP contribution in [0.25, 0.3) is 0 Å². The Morgan fingerprint density at radius 3 is 2.50 bits per heavy atom. The van der Waals surface area contributed by atoms with Crippen LogP contribution < -0.4 is 0 Å². The van der Waals surface area contributed by atoms with Gasteiger partial charge in [-0.15, -0.1) is 0 Å². The number of aliphatic hydroxyl groups is 1. The monoisotopic (exact) mass is 287 g/mol. The average molecular weight is 287 g/mol. The zero-order valence-electron chi connectivity index (χ0n) is 12.1. The molecule has 0 bridgehead atoms. The van der Waals surface area contributed by atoms with E-state index in [0.717, 1.165) is 24.2 Å². The molecule has 0 unspecified atom stereocenters. The number of carbonyl (C=O) groups is 2. The number of β-amino-alcohol motifs (C(OH)–C–C–N with tert-alkyl or cyclic N) is 1. The smallest absolute Gasteiger partial charge is 0.410 e. The molecule has 20 heavy (non-hydrogen) atoms. The maximum absolute atomic E-state index is 11.8. The van der Waals surface area contributed by atoms with Gasteiger partial charge in [-0.2, -0.15) is 0 Å². The number of amides is 1.